The first-order valence-electron chi connectivity index (χ1n) is 10.3. The lowest BCUT2D eigenvalue weighted by molar-refractivity contribution is -0.127. The molecule has 168 valence electrons. The number of nitrogens with zero attached hydrogens (tertiary/aromatic N) is 2. The van der Waals surface area contributed by atoms with Crippen molar-refractivity contribution in [1.29, 1.82) is 0 Å². The minimum atomic E-state index is -0.579. The number of aromatic nitrogens is 2. The van der Waals surface area contributed by atoms with E-state index in [1.54, 1.807) is 16.4 Å². The van der Waals surface area contributed by atoms with E-state index >= 15 is 0 Å². The molecule has 8 nitrogen and oxygen atoms in total. The molecule has 0 aliphatic heterocycles. The Hall–Kier alpha value is -4.24. The van der Waals surface area contributed by atoms with Gasteiger partial charge in [-0.25, -0.2) is 9.87 Å². The highest BCUT2D eigenvalue weighted by Gasteiger charge is 2.16. The second-order valence-corrected chi connectivity index (χ2v) is 7.51. The molecule has 1 aromatic heterocycles. The first kappa shape index (κ1) is 22.0. The van der Waals surface area contributed by atoms with Crippen LogP contribution >= 0.6 is 0 Å². The van der Waals surface area contributed by atoms with Crippen LogP contribution in [0, 0.1) is 5.82 Å². The summed E-state index contributed by atoms with van der Waals surface area (Å²) < 4.78 is 13.0. The number of carbonyl (C=O) groups excluding carboxylic acids is 2. The summed E-state index contributed by atoms with van der Waals surface area (Å²) in [5.41, 5.74) is 3.57. The maximum Gasteiger partial charge on any atom is 0.262 e. The van der Waals surface area contributed by atoms with Gasteiger partial charge in [0.1, 0.15) is 12.4 Å². The topological polar surface area (TPSA) is 110 Å². The zero-order valence-corrected chi connectivity index (χ0v) is 17.6. The summed E-state index contributed by atoms with van der Waals surface area (Å²) in [4.78, 5) is 25.8. The molecule has 0 saturated heterocycles. The van der Waals surface area contributed by atoms with Gasteiger partial charge < -0.3 is 10.2 Å². The first-order valence-corrected chi connectivity index (χ1v) is 10.3. The van der Waals surface area contributed by atoms with Crippen molar-refractivity contribution in [2.45, 2.75) is 13.1 Å². The molecule has 33 heavy (non-hydrogen) atoms. The Morgan fingerprint density at radius 2 is 1.76 bits per heavy atom. The lowest BCUT2D eigenvalue weighted by Gasteiger charge is -2.21. The van der Waals surface area contributed by atoms with Crippen molar-refractivity contribution in [3.63, 3.8) is 0 Å². The van der Waals surface area contributed by atoms with E-state index in [0.29, 0.717) is 23.6 Å². The number of anilines is 1. The minimum Gasteiger partial charge on any atom is -0.346 e. The molecule has 0 spiro atoms. The zero-order chi connectivity index (χ0) is 23.2. The summed E-state index contributed by atoms with van der Waals surface area (Å²) >= 11 is 0. The lowest BCUT2D eigenvalue weighted by Crippen LogP contribution is -2.35. The molecule has 0 fully saturated rings. The van der Waals surface area contributed by atoms with Crippen molar-refractivity contribution in [1.82, 2.24) is 21.0 Å². The highest BCUT2D eigenvalue weighted by atomic mass is 19.1. The van der Waals surface area contributed by atoms with Crippen LogP contribution < -0.4 is 15.7 Å². The number of hydroxylamine groups is 1. The van der Waals surface area contributed by atoms with Crippen LogP contribution in [-0.2, 0) is 17.9 Å². The molecular weight excluding hydrogens is 425 g/mol. The summed E-state index contributed by atoms with van der Waals surface area (Å²) in [5, 5.41) is 21.0. The molecule has 0 radical (unpaired) electrons. The number of rotatable bonds is 8. The van der Waals surface area contributed by atoms with Gasteiger partial charge in [0.25, 0.3) is 11.8 Å². The molecule has 4 rings (SSSR count). The fourth-order valence-electron chi connectivity index (χ4n) is 3.46. The number of hydrogen-bond donors (Lipinski definition) is 4. The van der Waals surface area contributed by atoms with E-state index in [9.17, 15) is 14.0 Å². The van der Waals surface area contributed by atoms with Gasteiger partial charge in [-0.1, -0.05) is 36.4 Å². The number of nitrogens with one attached hydrogen (secondary N) is 3. The SMILES string of the molecule is O=C(CN(Cc1ccc2ccccc2c1)c1cc(CNC(=O)c2ccc(F)cc2)[nH]n1)NO. The van der Waals surface area contributed by atoms with Crippen molar-refractivity contribution in [3.8, 4) is 0 Å². The van der Waals surface area contributed by atoms with Crippen LogP contribution in [-0.4, -0.2) is 33.8 Å². The van der Waals surface area contributed by atoms with Crippen LogP contribution in [0.15, 0.2) is 72.8 Å². The van der Waals surface area contributed by atoms with E-state index in [2.05, 4.69) is 15.5 Å². The van der Waals surface area contributed by atoms with Gasteiger partial charge in [-0.15, -0.1) is 0 Å². The maximum absolute atomic E-state index is 13.0. The molecule has 9 heteroatoms. The predicted molar refractivity (Wildman–Crippen MR) is 121 cm³/mol. The van der Waals surface area contributed by atoms with Gasteiger partial charge in [-0.2, -0.15) is 5.10 Å². The minimum absolute atomic E-state index is 0.116. The third-order valence-corrected chi connectivity index (χ3v) is 5.13. The lowest BCUT2D eigenvalue weighted by atomic mass is 10.1. The van der Waals surface area contributed by atoms with E-state index in [0.717, 1.165) is 16.3 Å². The summed E-state index contributed by atoms with van der Waals surface area (Å²) in [5.74, 6) is -0.857. The van der Waals surface area contributed by atoms with Crippen molar-refractivity contribution < 1.29 is 19.2 Å². The number of benzene rings is 3. The molecule has 0 unspecified atom stereocenters. The Morgan fingerprint density at radius 3 is 2.52 bits per heavy atom. The third-order valence-electron chi connectivity index (χ3n) is 5.13. The van der Waals surface area contributed by atoms with Gasteiger partial charge in [0.2, 0.25) is 0 Å². The molecular formula is C24H22FN5O3. The third kappa shape index (κ3) is 5.52. The second kappa shape index (κ2) is 9.92. The van der Waals surface area contributed by atoms with Crippen LogP contribution in [0.25, 0.3) is 10.8 Å². The number of hydrogen-bond acceptors (Lipinski definition) is 5. The van der Waals surface area contributed by atoms with Crippen molar-refractivity contribution in [2.75, 3.05) is 11.4 Å². The average Bonchev–Trinajstić information content (AvgIpc) is 3.31. The normalized spacial score (nSPS) is 10.7. The summed E-state index contributed by atoms with van der Waals surface area (Å²) in [6.45, 7) is 0.430. The van der Waals surface area contributed by atoms with Crippen LogP contribution in [0.1, 0.15) is 21.6 Å². The van der Waals surface area contributed by atoms with Crippen LogP contribution in [0.3, 0.4) is 0 Å². The molecule has 4 aromatic rings. The van der Waals surface area contributed by atoms with Crippen molar-refractivity contribution in [2.24, 2.45) is 0 Å². The number of fused-ring (bicyclic) bond motifs is 1. The van der Waals surface area contributed by atoms with E-state index in [4.69, 9.17) is 5.21 Å². The van der Waals surface area contributed by atoms with E-state index < -0.39 is 11.7 Å². The highest BCUT2D eigenvalue weighted by Crippen LogP contribution is 2.20. The smallest absolute Gasteiger partial charge is 0.262 e. The predicted octanol–water partition coefficient (Wildman–Crippen LogP) is 3.14. The number of aromatic amines is 1. The Morgan fingerprint density at radius 1 is 1.00 bits per heavy atom. The first-order chi connectivity index (χ1) is 16.0. The van der Waals surface area contributed by atoms with Gasteiger partial charge in [0.15, 0.2) is 5.82 Å². The maximum atomic E-state index is 13.0. The Balaban J connectivity index is 1.47. The Bertz CT molecular complexity index is 1270. The van der Waals surface area contributed by atoms with E-state index in [1.807, 2.05) is 42.5 Å². The average molecular weight is 447 g/mol. The van der Waals surface area contributed by atoms with Crippen LogP contribution in [0.2, 0.25) is 0 Å². The quantitative estimate of drug-likeness (QED) is 0.245. The molecule has 3 aromatic carbocycles. The van der Waals surface area contributed by atoms with E-state index in [1.165, 1.54) is 24.3 Å². The largest absolute Gasteiger partial charge is 0.346 e. The summed E-state index contributed by atoms with van der Waals surface area (Å²) in [6.07, 6.45) is 0. The standard InChI is InChI=1S/C24H22FN5O3/c25-20-9-7-18(8-10-20)24(32)26-13-21-12-22(28-27-21)30(15-23(31)29-33)14-16-5-6-17-3-1-2-4-19(17)11-16/h1-12,33H,13-15H2,(H,26,32)(H,27,28)(H,29,31). The monoisotopic (exact) mass is 447 g/mol. The molecule has 4 N–H and O–H groups in total. The molecule has 2 amide bonds. The molecule has 0 aliphatic carbocycles. The number of H-pyrrole nitrogens is 1. The number of amides is 2. The molecule has 0 aliphatic rings. The van der Waals surface area contributed by atoms with Gasteiger partial charge >= 0.3 is 0 Å². The fraction of sp³-hybridized carbons (Fsp3) is 0.125. The van der Waals surface area contributed by atoms with Gasteiger partial charge in [-0.05, 0) is 46.7 Å². The van der Waals surface area contributed by atoms with Gasteiger partial charge in [0.05, 0.1) is 12.2 Å². The number of carbonyl (C=O) groups is 2. The summed E-state index contributed by atoms with van der Waals surface area (Å²) in [6, 6.07) is 21.0. The second-order valence-electron chi connectivity index (χ2n) is 7.51. The molecule has 0 bridgehead atoms. The van der Waals surface area contributed by atoms with Crippen LogP contribution in [0.5, 0.6) is 0 Å². The Kier molecular flexibility index (Phi) is 6.61. The zero-order valence-electron chi connectivity index (χ0n) is 17.6. The molecule has 0 saturated carbocycles. The summed E-state index contributed by atoms with van der Waals surface area (Å²) in [7, 11) is 0. The van der Waals surface area contributed by atoms with Crippen molar-refractivity contribution >= 4 is 28.4 Å². The van der Waals surface area contributed by atoms with Crippen LogP contribution in [0.4, 0.5) is 10.2 Å². The molecule has 1 heterocycles. The molecule has 0 atom stereocenters. The Labute approximate surface area is 189 Å². The van der Waals surface area contributed by atoms with Gasteiger partial charge in [-0.3, -0.25) is 19.9 Å². The van der Waals surface area contributed by atoms with Crippen molar-refractivity contribution in [3.05, 3.63) is 95.4 Å². The fourth-order valence-corrected chi connectivity index (χ4v) is 3.46. The van der Waals surface area contributed by atoms with Gasteiger partial charge in [0, 0.05) is 18.2 Å². The number of halogens is 1. The highest BCUT2D eigenvalue weighted by molar-refractivity contribution is 5.94. The van der Waals surface area contributed by atoms with E-state index in [-0.39, 0.29) is 19.0 Å².